The number of anilines is 1. The highest BCUT2D eigenvalue weighted by atomic mass is 16.5. The van der Waals surface area contributed by atoms with Crippen LogP contribution in [0.2, 0.25) is 0 Å². The second-order valence-corrected chi connectivity index (χ2v) is 5.09. The van der Waals surface area contributed by atoms with Crippen molar-refractivity contribution in [2.75, 3.05) is 26.1 Å². The molecule has 3 rings (SSSR count). The van der Waals surface area contributed by atoms with Crippen molar-refractivity contribution in [3.8, 4) is 28.3 Å². The Morgan fingerprint density at radius 3 is 2.52 bits per heavy atom. The second-order valence-electron chi connectivity index (χ2n) is 5.09. The molecule has 0 unspecified atom stereocenters. The van der Waals surface area contributed by atoms with Gasteiger partial charge in [-0.1, -0.05) is 30.3 Å². The molecule has 118 valence electrons. The van der Waals surface area contributed by atoms with E-state index in [9.17, 15) is 0 Å². The van der Waals surface area contributed by atoms with E-state index in [0.29, 0.717) is 18.9 Å². The molecule has 0 aliphatic rings. The van der Waals surface area contributed by atoms with Gasteiger partial charge in [-0.25, -0.2) is 0 Å². The first-order valence-electron chi connectivity index (χ1n) is 7.41. The molecular formula is C18H19N3O2. The van der Waals surface area contributed by atoms with Crippen LogP contribution in [0.3, 0.4) is 0 Å². The lowest BCUT2D eigenvalue weighted by atomic mass is 10.1. The van der Waals surface area contributed by atoms with Gasteiger partial charge in [-0.05, 0) is 24.3 Å². The molecule has 0 saturated carbocycles. The monoisotopic (exact) mass is 309 g/mol. The number of ether oxygens (including phenoxy) is 2. The number of hydrogen-bond acceptors (Lipinski definition) is 4. The van der Waals surface area contributed by atoms with Gasteiger partial charge in [-0.15, -0.1) is 0 Å². The third kappa shape index (κ3) is 3.35. The van der Waals surface area contributed by atoms with Crippen molar-refractivity contribution in [1.82, 2.24) is 10.2 Å². The third-order valence-corrected chi connectivity index (χ3v) is 3.54. The number of aromatic amines is 1. The molecule has 0 amide bonds. The number of methoxy groups -OCH3 is 1. The van der Waals surface area contributed by atoms with Gasteiger partial charge in [0.05, 0.1) is 18.0 Å². The van der Waals surface area contributed by atoms with Crippen molar-refractivity contribution in [2.45, 2.75) is 0 Å². The van der Waals surface area contributed by atoms with Crippen LogP contribution in [0.25, 0.3) is 22.5 Å². The lowest BCUT2D eigenvalue weighted by molar-refractivity contribution is 0.146. The first kappa shape index (κ1) is 15.1. The summed E-state index contributed by atoms with van der Waals surface area (Å²) in [5.41, 5.74) is 10.3. The average molecular weight is 309 g/mol. The standard InChI is InChI=1S/C18H19N3O2/c1-22-10-11-23-18-9-5-3-7-14(18)17-12-16(20-21-17)13-6-2-4-8-15(13)19/h2-9,12H,10-11,19H2,1H3,(H,20,21). The Hall–Kier alpha value is -2.79. The molecule has 0 atom stereocenters. The molecule has 2 aromatic carbocycles. The van der Waals surface area contributed by atoms with E-state index in [1.807, 2.05) is 54.6 Å². The molecule has 23 heavy (non-hydrogen) atoms. The van der Waals surface area contributed by atoms with E-state index in [4.69, 9.17) is 15.2 Å². The number of hydrogen-bond donors (Lipinski definition) is 2. The number of nitrogens with two attached hydrogens (primary N) is 1. The summed E-state index contributed by atoms with van der Waals surface area (Å²) in [5, 5.41) is 7.45. The van der Waals surface area contributed by atoms with Crippen molar-refractivity contribution in [1.29, 1.82) is 0 Å². The number of aromatic nitrogens is 2. The molecule has 0 aliphatic carbocycles. The van der Waals surface area contributed by atoms with Gasteiger partial charge in [-0.2, -0.15) is 5.10 Å². The van der Waals surface area contributed by atoms with Gasteiger partial charge >= 0.3 is 0 Å². The molecule has 3 N–H and O–H groups in total. The summed E-state index contributed by atoms with van der Waals surface area (Å²) >= 11 is 0. The summed E-state index contributed by atoms with van der Waals surface area (Å²) < 4.78 is 10.8. The maximum absolute atomic E-state index is 6.03. The number of para-hydroxylation sites is 2. The predicted octanol–water partition coefficient (Wildman–Crippen LogP) is 3.35. The van der Waals surface area contributed by atoms with Gasteiger partial charge in [0.2, 0.25) is 0 Å². The topological polar surface area (TPSA) is 73.2 Å². The molecule has 0 aliphatic heterocycles. The quantitative estimate of drug-likeness (QED) is 0.541. The summed E-state index contributed by atoms with van der Waals surface area (Å²) in [7, 11) is 1.65. The Bertz CT molecular complexity index is 783. The highest BCUT2D eigenvalue weighted by molar-refractivity contribution is 5.77. The summed E-state index contributed by atoms with van der Waals surface area (Å²) in [4.78, 5) is 0. The molecule has 1 aromatic heterocycles. The third-order valence-electron chi connectivity index (χ3n) is 3.54. The first-order chi connectivity index (χ1) is 11.3. The lowest BCUT2D eigenvalue weighted by Gasteiger charge is -2.09. The Morgan fingerprint density at radius 2 is 1.74 bits per heavy atom. The summed E-state index contributed by atoms with van der Waals surface area (Å²) in [6, 6.07) is 17.5. The van der Waals surface area contributed by atoms with Gasteiger partial charge in [0.1, 0.15) is 12.4 Å². The fourth-order valence-corrected chi connectivity index (χ4v) is 2.38. The van der Waals surface area contributed by atoms with E-state index in [-0.39, 0.29) is 0 Å². The van der Waals surface area contributed by atoms with Crippen molar-refractivity contribution in [3.05, 3.63) is 54.6 Å². The smallest absolute Gasteiger partial charge is 0.128 e. The molecule has 0 saturated heterocycles. The van der Waals surface area contributed by atoms with Gasteiger partial charge < -0.3 is 15.2 Å². The molecular weight excluding hydrogens is 290 g/mol. The second kappa shape index (κ2) is 6.98. The minimum atomic E-state index is 0.496. The van der Waals surface area contributed by atoms with Crippen LogP contribution in [0.15, 0.2) is 54.6 Å². The largest absolute Gasteiger partial charge is 0.490 e. The minimum Gasteiger partial charge on any atom is -0.490 e. The van der Waals surface area contributed by atoms with Crippen LogP contribution >= 0.6 is 0 Å². The van der Waals surface area contributed by atoms with Crippen LogP contribution in [0.5, 0.6) is 5.75 Å². The van der Waals surface area contributed by atoms with Gasteiger partial charge in [0.15, 0.2) is 0 Å². The van der Waals surface area contributed by atoms with E-state index in [0.717, 1.165) is 28.3 Å². The summed E-state index contributed by atoms with van der Waals surface area (Å²) in [6.07, 6.45) is 0. The zero-order valence-electron chi connectivity index (χ0n) is 13.0. The minimum absolute atomic E-state index is 0.496. The fourth-order valence-electron chi connectivity index (χ4n) is 2.38. The lowest BCUT2D eigenvalue weighted by Crippen LogP contribution is -2.05. The van der Waals surface area contributed by atoms with E-state index in [1.54, 1.807) is 7.11 Å². The normalized spacial score (nSPS) is 10.7. The van der Waals surface area contributed by atoms with Crippen molar-refractivity contribution >= 4 is 5.69 Å². The van der Waals surface area contributed by atoms with Crippen LogP contribution in [0, 0.1) is 0 Å². The van der Waals surface area contributed by atoms with E-state index in [2.05, 4.69) is 10.2 Å². The van der Waals surface area contributed by atoms with Crippen molar-refractivity contribution < 1.29 is 9.47 Å². The Kier molecular flexibility index (Phi) is 4.59. The van der Waals surface area contributed by atoms with E-state index < -0.39 is 0 Å². The zero-order chi connectivity index (χ0) is 16.1. The number of nitrogens with zero attached hydrogens (tertiary/aromatic N) is 1. The fraction of sp³-hybridized carbons (Fsp3) is 0.167. The predicted molar refractivity (Wildman–Crippen MR) is 91.2 cm³/mol. The summed E-state index contributed by atoms with van der Waals surface area (Å²) in [5.74, 6) is 0.781. The molecule has 5 heteroatoms. The van der Waals surface area contributed by atoms with Gasteiger partial charge in [0, 0.05) is 23.9 Å². The maximum atomic E-state index is 6.03. The highest BCUT2D eigenvalue weighted by Crippen LogP contribution is 2.32. The zero-order valence-corrected chi connectivity index (χ0v) is 13.0. The van der Waals surface area contributed by atoms with Crippen LogP contribution in [0.1, 0.15) is 0 Å². The molecule has 3 aromatic rings. The molecule has 1 heterocycles. The van der Waals surface area contributed by atoms with Crippen LogP contribution in [0.4, 0.5) is 5.69 Å². The Morgan fingerprint density at radius 1 is 1.00 bits per heavy atom. The number of nitrogen functional groups attached to an aromatic ring is 1. The van der Waals surface area contributed by atoms with Crippen LogP contribution in [-0.2, 0) is 4.74 Å². The average Bonchev–Trinajstić information content (AvgIpc) is 3.05. The Balaban J connectivity index is 1.90. The van der Waals surface area contributed by atoms with Crippen molar-refractivity contribution in [3.63, 3.8) is 0 Å². The first-order valence-corrected chi connectivity index (χ1v) is 7.41. The van der Waals surface area contributed by atoms with Crippen LogP contribution in [-0.4, -0.2) is 30.5 Å². The van der Waals surface area contributed by atoms with E-state index in [1.165, 1.54) is 0 Å². The summed E-state index contributed by atoms with van der Waals surface area (Å²) in [6.45, 7) is 1.04. The van der Waals surface area contributed by atoms with Gasteiger partial charge in [-0.3, -0.25) is 5.10 Å². The molecule has 0 radical (unpaired) electrons. The van der Waals surface area contributed by atoms with Gasteiger partial charge in [0.25, 0.3) is 0 Å². The number of nitrogens with one attached hydrogen (secondary N) is 1. The van der Waals surface area contributed by atoms with Crippen LogP contribution < -0.4 is 10.5 Å². The van der Waals surface area contributed by atoms with Crippen molar-refractivity contribution in [2.24, 2.45) is 0 Å². The highest BCUT2D eigenvalue weighted by Gasteiger charge is 2.11. The molecule has 5 nitrogen and oxygen atoms in total. The molecule has 0 spiro atoms. The Labute approximate surface area is 135 Å². The number of benzene rings is 2. The number of H-pyrrole nitrogens is 1. The number of rotatable bonds is 6. The SMILES string of the molecule is COCCOc1ccccc1-c1cc(-c2ccccc2N)[nH]n1. The molecule has 0 fully saturated rings. The maximum Gasteiger partial charge on any atom is 0.128 e. The molecule has 0 bridgehead atoms. The van der Waals surface area contributed by atoms with E-state index >= 15 is 0 Å².